The summed E-state index contributed by atoms with van der Waals surface area (Å²) in [5, 5.41) is 19.8. The van der Waals surface area contributed by atoms with Crippen molar-refractivity contribution in [3.05, 3.63) is 0 Å². The Morgan fingerprint density at radius 1 is 1.18 bits per heavy atom. The van der Waals surface area contributed by atoms with E-state index in [1.807, 2.05) is 0 Å². The number of aliphatic hydroxyl groups excluding tert-OH is 1. The molecule has 1 fully saturated rings. The van der Waals surface area contributed by atoms with E-state index in [-0.39, 0.29) is 5.91 Å². The molecule has 1 aliphatic carbocycles. The quantitative estimate of drug-likeness (QED) is 0.626. The Morgan fingerprint density at radius 3 is 2.24 bits per heavy atom. The Balaban J connectivity index is 2.34. The van der Waals surface area contributed by atoms with E-state index in [9.17, 15) is 9.59 Å². The van der Waals surface area contributed by atoms with Crippen LogP contribution in [0.4, 0.5) is 0 Å². The van der Waals surface area contributed by atoms with Crippen molar-refractivity contribution in [2.24, 2.45) is 5.92 Å². The highest BCUT2D eigenvalue weighted by Gasteiger charge is 2.21. The fraction of sp³-hybridized carbons (Fsp3) is 0.833. The van der Waals surface area contributed by atoms with Crippen LogP contribution < -0.4 is 5.32 Å². The molecule has 0 spiro atoms. The van der Waals surface area contributed by atoms with Crippen LogP contribution in [0.3, 0.4) is 0 Å². The minimum Gasteiger partial charge on any atom is -0.480 e. The van der Waals surface area contributed by atoms with Crippen LogP contribution in [0.1, 0.15) is 44.9 Å². The molecule has 17 heavy (non-hydrogen) atoms. The lowest BCUT2D eigenvalue weighted by atomic mass is 9.96. The Hall–Kier alpha value is -1.10. The lowest BCUT2D eigenvalue weighted by Crippen LogP contribution is -2.43. The van der Waals surface area contributed by atoms with Gasteiger partial charge in [-0.3, -0.25) is 4.79 Å². The van der Waals surface area contributed by atoms with E-state index in [0.29, 0.717) is 12.3 Å². The van der Waals surface area contributed by atoms with E-state index in [1.165, 1.54) is 12.8 Å². The van der Waals surface area contributed by atoms with Crippen molar-refractivity contribution in [1.29, 1.82) is 0 Å². The van der Waals surface area contributed by atoms with E-state index in [2.05, 4.69) is 5.32 Å². The molecule has 1 aliphatic rings. The molecular formula is C12H21NO4. The first-order valence-corrected chi connectivity index (χ1v) is 6.26. The second-order valence-corrected chi connectivity index (χ2v) is 4.70. The van der Waals surface area contributed by atoms with Crippen molar-refractivity contribution in [1.82, 2.24) is 5.32 Å². The minimum absolute atomic E-state index is 0.265. The highest BCUT2D eigenvalue weighted by molar-refractivity contribution is 5.83. The summed E-state index contributed by atoms with van der Waals surface area (Å²) < 4.78 is 0. The van der Waals surface area contributed by atoms with Gasteiger partial charge in [0.25, 0.3) is 0 Å². The summed E-state index contributed by atoms with van der Waals surface area (Å²) in [6.07, 6.45) is 7.23. The number of rotatable bonds is 5. The van der Waals surface area contributed by atoms with Gasteiger partial charge >= 0.3 is 5.97 Å². The van der Waals surface area contributed by atoms with Gasteiger partial charge in [0.1, 0.15) is 6.04 Å². The average Bonchev–Trinajstić information content (AvgIpc) is 2.54. The van der Waals surface area contributed by atoms with E-state index < -0.39 is 18.6 Å². The summed E-state index contributed by atoms with van der Waals surface area (Å²) in [7, 11) is 0. The topological polar surface area (TPSA) is 86.6 Å². The maximum absolute atomic E-state index is 11.6. The molecule has 5 nitrogen and oxygen atoms in total. The van der Waals surface area contributed by atoms with Gasteiger partial charge in [-0.2, -0.15) is 0 Å². The lowest BCUT2D eigenvalue weighted by molar-refractivity contribution is -0.143. The predicted molar refractivity (Wildman–Crippen MR) is 62.5 cm³/mol. The minimum atomic E-state index is -1.19. The molecule has 0 aromatic rings. The monoisotopic (exact) mass is 243 g/mol. The largest absolute Gasteiger partial charge is 0.480 e. The van der Waals surface area contributed by atoms with Crippen molar-refractivity contribution in [3.8, 4) is 0 Å². The van der Waals surface area contributed by atoms with Gasteiger partial charge < -0.3 is 15.5 Å². The summed E-state index contributed by atoms with van der Waals surface area (Å²) in [5.74, 6) is -1.09. The Morgan fingerprint density at radius 2 is 1.76 bits per heavy atom. The molecule has 0 aliphatic heterocycles. The number of hydrogen-bond acceptors (Lipinski definition) is 3. The normalized spacial score (nSPS) is 19.4. The Labute approximate surface area is 101 Å². The molecule has 0 radical (unpaired) electrons. The number of hydrogen-bond donors (Lipinski definition) is 3. The van der Waals surface area contributed by atoms with Crippen molar-refractivity contribution < 1.29 is 19.8 Å². The van der Waals surface area contributed by atoms with Crippen LogP contribution in [0, 0.1) is 5.92 Å². The highest BCUT2D eigenvalue weighted by Crippen LogP contribution is 2.25. The smallest absolute Gasteiger partial charge is 0.328 e. The van der Waals surface area contributed by atoms with Crippen molar-refractivity contribution in [2.75, 3.05) is 6.61 Å². The van der Waals surface area contributed by atoms with Crippen molar-refractivity contribution in [3.63, 3.8) is 0 Å². The van der Waals surface area contributed by atoms with Crippen LogP contribution in [-0.2, 0) is 9.59 Å². The summed E-state index contributed by atoms with van der Waals surface area (Å²) in [6.45, 7) is -0.564. The zero-order valence-corrected chi connectivity index (χ0v) is 10.0. The van der Waals surface area contributed by atoms with Crippen LogP contribution in [-0.4, -0.2) is 34.7 Å². The predicted octanol–water partition coefficient (Wildman–Crippen LogP) is 0.909. The maximum atomic E-state index is 11.6. The van der Waals surface area contributed by atoms with Gasteiger partial charge in [0.15, 0.2) is 0 Å². The molecule has 1 rings (SSSR count). The number of aliphatic carboxylic acids is 1. The molecule has 5 heteroatoms. The van der Waals surface area contributed by atoms with Gasteiger partial charge in [0.2, 0.25) is 5.91 Å². The molecule has 98 valence electrons. The SMILES string of the molecule is O=C(CC1CCCCCC1)NC(CO)C(=O)O. The average molecular weight is 243 g/mol. The highest BCUT2D eigenvalue weighted by atomic mass is 16.4. The van der Waals surface area contributed by atoms with Crippen LogP contribution in [0.15, 0.2) is 0 Å². The van der Waals surface area contributed by atoms with Crippen LogP contribution in [0.2, 0.25) is 0 Å². The first kappa shape index (κ1) is 14.0. The molecule has 0 bridgehead atoms. The third-order valence-corrected chi connectivity index (χ3v) is 3.26. The number of carboxylic acids is 1. The molecule has 0 heterocycles. The molecule has 1 atom stereocenters. The fourth-order valence-electron chi connectivity index (χ4n) is 2.27. The summed E-state index contributed by atoms with van der Waals surface area (Å²) in [5.41, 5.74) is 0. The number of carboxylic acid groups (broad SMARTS) is 1. The molecule has 3 N–H and O–H groups in total. The van der Waals surface area contributed by atoms with Crippen LogP contribution in [0.5, 0.6) is 0 Å². The first-order chi connectivity index (χ1) is 8.13. The van der Waals surface area contributed by atoms with Gasteiger partial charge in [-0.05, 0) is 18.8 Å². The van der Waals surface area contributed by atoms with E-state index >= 15 is 0 Å². The zero-order chi connectivity index (χ0) is 12.7. The zero-order valence-electron chi connectivity index (χ0n) is 10.0. The molecule has 0 aromatic carbocycles. The van der Waals surface area contributed by atoms with E-state index in [0.717, 1.165) is 25.7 Å². The Kier molecular flexibility index (Phi) is 5.97. The van der Waals surface area contributed by atoms with Gasteiger partial charge in [-0.15, -0.1) is 0 Å². The molecule has 1 amide bonds. The third-order valence-electron chi connectivity index (χ3n) is 3.26. The van der Waals surface area contributed by atoms with Gasteiger partial charge in [-0.25, -0.2) is 4.79 Å². The number of carbonyl (C=O) groups excluding carboxylic acids is 1. The fourth-order valence-corrected chi connectivity index (χ4v) is 2.27. The van der Waals surface area contributed by atoms with E-state index in [1.54, 1.807) is 0 Å². The van der Waals surface area contributed by atoms with Gasteiger partial charge in [0, 0.05) is 6.42 Å². The lowest BCUT2D eigenvalue weighted by Gasteiger charge is -2.16. The van der Waals surface area contributed by atoms with E-state index in [4.69, 9.17) is 10.2 Å². The summed E-state index contributed by atoms with van der Waals surface area (Å²) in [6, 6.07) is -1.17. The molecular weight excluding hydrogens is 222 g/mol. The second-order valence-electron chi connectivity index (χ2n) is 4.70. The van der Waals surface area contributed by atoms with Crippen molar-refractivity contribution >= 4 is 11.9 Å². The Bertz CT molecular complexity index is 259. The number of amides is 1. The van der Waals surface area contributed by atoms with Gasteiger partial charge in [0.05, 0.1) is 6.61 Å². The maximum Gasteiger partial charge on any atom is 0.328 e. The molecule has 0 saturated heterocycles. The third kappa shape index (κ3) is 5.17. The van der Waals surface area contributed by atoms with Crippen LogP contribution in [0.25, 0.3) is 0 Å². The number of carbonyl (C=O) groups is 2. The standard InChI is InChI=1S/C12H21NO4/c14-8-10(12(16)17)13-11(15)7-9-5-3-1-2-4-6-9/h9-10,14H,1-8H2,(H,13,15)(H,16,17). The molecule has 1 saturated carbocycles. The summed E-state index contributed by atoms with van der Waals surface area (Å²) in [4.78, 5) is 22.3. The molecule has 0 aromatic heterocycles. The summed E-state index contributed by atoms with van der Waals surface area (Å²) >= 11 is 0. The first-order valence-electron chi connectivity index (χ1n) is 6.26. The van der Waals surface area contributed by atoms with Crippen LogP contribution >= 0.6 is 0 Å². The number of aliphatic hydroxyl groups is 1. The second kappa shape index (κ2) is 7.27. The van der Waals surface area contributed by atoms with Gasteiger partial charge in [-0.1, -0.05) is 25.7 Å². The van der Waals surface area contributed by atoms with Crippen molar-refractivity contribution in [2.45, 2.75) is 51.0 Å². The molecule has 1 unspecified atom stereocenters. The number of nitrogens with one attached hydrogen (secondary N) is 1.